The molecule has 0 saturated carbocycles. The molecule has 1 atom stereocenters. The van der Waals surface area contributed by atoms with E-state index in [0.29, 0.717) is 11.8 Å². The van der Waals surface area contributed by atoms with Gasteiger partial charge in [-0.25, -0.2) is 0 Å². The zero-order valence-corrected chi connectivity index (χ0v) is 18.3. The van der Waals surface area contributed by atoms with Crippen LogP contribution in [0.5, 0.6) is 0 Å². The summed E-state index contributed by atoms with van der Waals surface area (Å²) in [5.74, 6) is -1.16. The van der Waals surface area contributed by atoms with Crippen LogP contribution in [0.2, 0.25) is 0 Å². The number of benzene rings is 1. The Hall–Kier alpha value is -2.81. The zero-order valence-electron chi connectivity index (χ0n) is 18.3. The molecule has 9 heteroatoms. The van der Waals surface area contributed by atoms with Crippen LogP contribution in [0.1, 0.15) is 47.1 Å². The molecule has 0 radical (unpaired) electrons. The quantitative estimate of drug-likeness (QED) is 0.258. The fourth-order valence-corrected chi connectivity index (χ4v) is 2.63. The molecule has 0 aromatic heterocycles. The largest absolute Gasteiger partial charge is 0.459 e. The molecule has 0 spiro atoms. The van der Waals surface area contributed by atoms with Gasteiger partial charge in [0, 0.05) is 12.1 Å². The first-order valence-corrected chi connectivity index (χ1v) is 9.56. The van der Waals surface area contributed by atoms with Crippen LogP contribution >= 0.6 is 0 Å². The average molecular weight is 422 g/mol. The van der Waals surface area contributed by atoms with E-state index in [-0.39, 0.29) is 25.2 Å². The van der Waals surface area contributed by atoms with Crippen molar-refractivity contribution < 1.29 is 28.8 Å². The lowest BCUT2D eigenvalue weighted by molar-refractivity contribution is -0.384. The molecular weight excluding hydrogens is 392 g/mol. The van der Waals surface area contributed by atoms with Gasteiger partial charge in [-0.1, -0.05) is 12.1 Å². The summed E-state index contributed by atoms with van der Waals surface area (Å²) in [4.78, 5) is 48.1. The molecule has 0 aliphatic heterocycles. The highest BCUT2D eigenvalue weighted by Crippen LogP contribution is 2.16. The Bertz CT molecular complexity index is 731. The summed E-state index contributed by atoms with van der Waals surface area (Å²) in [6.07, 6.45) is 0.795. The molecular formula is C21H30N2O7. The number of carbonyl (C=O) groups excluding carboxylic acids is 3. The number of rotatable bonds is 9. The van der Waals surface area contributed by atoms with E-state index in [4.69, 9.17) is 9.47 Å². The maximum Gasteiger partial charge on any atom is 0.320 e. The van der Waals surface area contributed by atoms with Gasteiger partial charge in [-0.15, -0.1) is 0 Å². The lowest BCUT2D eigenvalue weighted by Crippen LogP contribution is -2.46. The number of non-ortho nitro benzene ring substituents is 1. The summed E-state index contributed by atoms with van der Waals surface area (Å²) in [5.41, 5.74) is -0.857. The van der Waals surface area contributed by atoms with Crippen LogP contribution in [-0.2, 0) is 30.3 Å². The standard InChI is InChI=1S/C21H30N2O7/c1-20(2,3)29-18(25)12-22(13-19(26)30-21(4,5)6)17(14-24)11-15-7-9-16(10-8-15)23(27)28/h7-10,14,17H,11-13H2,1-6H3. The second-order valence-corrected chi connectivity index (χ2v) is 8.91. The van der Waals surface area contributed by atoms with Gasteiger partial charge in [0.25, 0.3) is 5.69 Å². The van der Waals surface area contributed by atoms with Gasteiger partial charge in [0.2, 0.25) is 0 Å². The Balaban J connectivity index is 3.02. The number of nitro groups is 1. The first kappa shape index (κ1) is 25.2. The molecule has 1 rings (SSSR count). The van der Waals surface area contributed by atoms with Crippen molar-refractivity contribution in [3.05, 3.63) is 39.9 Å². The molecule has 30 heavy (non-hydrogen) atoms. The number of hydrogen-bond acceptors (Lipinski definition) is 8. The number of carbonyl (C=O) groups is 3. The minimum absolute atomic E-state index is 0.0687. The summed E-state index contributed by atoms with van der Waals surface area (Å²) >= 11 is 0. The number of nitro benzene ring substituents is 1. The lowest BCUT2D eigenvalue weighted by atomic mass is 10.0. The van der Waals surface area contributed by atoms with Crippen molar-refractivity contribution in [2.45, 2.75) is 65.2 Å². The van der Waals surface area contributed by atoms with Crippen molar-refractivity contribution in [1.82, 2.24) is 4.90 Å². The van der Waals surface area contributed by atoms with Gasteiger partial charge in [-0.2, -0.15) is 0 Å². The Morgan fingerprint density at radius 2 is 1.43 bits per heavy atom. The highest BCUT2D eigenvalue weighted by atomic mass is 16.6. The van der Waals surface area contributed by atoms with Crippen LogP contribution in [0.15, 0.2) is 24.3 Å². The minimum atomic E-state index is -0.827. The fraction of sp³-hybridized carbons (Fsp3) is 0.571. The van der Waals surface area contributed by atoms with E-state index in [2.05, 4.69) is 0 Å². The Labute approximate surface area is 176 Å². The van der Waals surface area contributed by atoms with E-state index in [0.717, 1.165) is 0 Å². The van der Waals surface area contributed by atoms with Gasteiger partial charge >= 0.3 is 11.9 Å². The SMILES string of the molecule is CC(C)(C)OC(=O)CN(CC(=O)OC(C)(C)C)C(C=O)Cc1ccc([N+](=O)[O-])cc1. The van der Waals surface area contributed by atoms with E-state index < -0.39 is 34.1 Å². The minimum Gasteiger partial charge on any atom is -0.459 e. The van der Waals surface area contributed by atoms with Gasteiger partial charge in [0.1, 0.15) is 17.5 Å². The number of nitrogens with zero attached hydrogens (tertiary/aromatic N) is 2. The van der Waals surface area contributed by atoms with Gasteiger partial charge < -0.3 is 14.3 Å². The third kappa shape index (κ3) is 9.60. The fourth-order valence-electron chi connectivity index (χ4n) is 2.63. The van der Waals surface area contributed by atoms with E-state index in [1.54, 1.807) is 41.5 Å². The Morgan fingerprint density at radius 1 is 1.00 bits per heavy atom. The molecule has 166 valence electrons. The third-order valence-corrected chi connectivity index (χ3v) is 3.72. The Kier molecular flexibility index (Phi) is 8.65. The first-order chi connectivity index (χ1) is 13.7. The monoisotopic (exact) mass is 422 g/mol. The summed E-state index contributed by atoms with van der Waals surface area (Å²) in [6.45, 7) is 9.75. The van der Waals surface area contributed by atoms with Crippen molar-refractivity contribution >= 4 is 23.9 Å². The summed E-state index contributed by atoms with van der Waals surface area (Å²) in [6, 6.07) is 4.92. The number of esters is 2. The van der Waals surface area contributed by atoms with Crippen LogP contribution < -0.4 is 0 Å². The maximum atomic E-state index is 12.3. The molecule has 1 unspecified atom stereocenters. The smallest absolute Gasteiger partial charge is 0.320 e. The summed E-state index contributed by atoms with van der Waals surface area (Å²) in [7, 11) is 0. The van der Waals surface area contributed by atoms with Crippen molar-refractivity contribution in [3.8, 4) is 0 Å². The molecule has 0 fully saturated rings. The van der Waals surface area contributed by atoms with E-state index in [1.807, 2.05) is 0 Å². The second-order valence-electron chi connectivity index (χ2n) is 8.91. The predicted molar refractivity (Wildman–Crippen MR) is 110 cm³/mol. The highest BCUT2D eigenvalue weighted by molar-refractivity contribution is 5.77. The van der Waals surface area contributed by atoms with Crippen molar-refractivity contribution in [2.75, 3.05) is 13.1 Å². The van der Waals surface area contributed by atoms with Gasteiger partial charge in [-0.3, -0.25) is 24.6 Å². The number of hydrogen-bond donors (Lipinski definition) is 0. The van der Waals surface area contributed by atoms with Crippen molar-refractivity contribution in [1.29, 1.82) is 0 Å². The zero-order chi connectivity index (χ0) is 23.1. The van der Waals surface area contributed by atoms with E-state index >= 15 is 0 Å². The maximum absolute atomic E-state index is 12.3. The van der Waals surface area contributed by atoms with E-state index in [1.165, 1.54) is 29.2 Å². The molecule has 0 heterocycles. The van der Waals surface area contributed by atoms with Crippen LogP contribution in [0, 0.1) is 10.1 Å². The van der Waals surface area contributed by atoms with Crippen molar-refractivity contribution in [2.24, 2.45) is 0 Å². The number of ether oxygens (including phenoxy) is 2. The first-order valence-electron chi connectivity index (χ1n) is 9.56. The summed E-state index contributed by atoms with van der Waals surface area (Å²) in [5, 5.41) is 10.8. The van der Waals surface area contributed by atoms with E-state index in [9.17, 15) is 24.5 Å². The third-order valence-electron chi connectivity index (χ3n) is 3.72. The Morgan fingerprint density at radius 3 is 1.77 bits per heavy atom. The van der Waals surface area contributed by atoms with Crippen LogP contribution in [-0.4, -0.2) is 58.4 Å². The lowest BCUT2D eigenvalue weighted by Gasteiger charge is -2.29. The molecule has 0 saturated heterocycles. The predicted octanol–water partition coefficient (Wildman–Crippen LogP) is 2.69. The van der Waals surface area contributed by atoms with Gasteiger partial charge in [-0.05, 0) is 53.5 Å². The molecule has 0 aliphatic carbocycles. The van der Waals surface area contributed by atoms with Crippen LogP contribution in [0.4, 0.5) is 5.69 Å². The van der Waals surface area contributed by atoms with Crippen LogP contribution in [0.25, 0.3) is 0 Å². The number of aldehydes is 1. The second kappa shape index (κ2) is 10.3. The topological polar surface area (TPSA) is 116 Å². The van der Waals surface area contributed by atoms with Gasteiger partial charge in [0.15, 0.2) is 0 Å². The van der Waals surface area contributed by atoms with Gasteiger partial charge in [0.05, 0.1) is 24.1 Å². The molecule has 0 aliphatic rings. The average Bonchev–Trinajstić information content (AvgIpc) is 2.56. The molecule has 0 N–H and O–H groups in total. The molecule has 1 aromatic carbocycles. The molecule has 9 nitrogen and oxygen atoms in total. The molecule has 0 amide bonds. The molecule has 0 bridgehead atoms. The van der Waals surface area contributed by atoms with Crippen molar-refractivity contribution in [3.63, 3.8) is 0 Å². The molecule has 1 aromatic rings. The summed E-state index contributed by atoms with van der Waals surface area (Å²) < 4.78 is 10.6. The normalized spacial score (nSPS) is 12.9. The van der Waals surface area contributed by atoms with Crippen LogP contribution in [0.3, 0.4) is 0 Å². The highest BCUT2D eigenvalue weighted by Gasteiger charge is 2.28.